The van der Waals surface area contributed by atoms with E-state index < -0.39 is 24.0 Å². The molecule has 0 bridgehead atoms. The van der Waals surface area contributed by atoms with Crippen LogP contribution in [0.25, 0.3) is 11.2 Å². The summed E-state index contributed by atoms with van der Waals surface area (Å²) in [6.45, 7) is 0.588. The number of aromatic nitrogens is 4. The lowest BCUT2D eigenvalue weighted by molar-refractivity contribution is -0.0443. The molecule has 4 heterocycles. The number of ether oxygens (including phenoxy) is 1. The Bertz CT molecular complexity index is 811. The van der Waals surface area contributed by atoms with Crippen molar-refractivity contribution in [3.05, 3.63) is 16.2 Å². The molecule has 10 heteroatoms. The standard InChI is InChI=1S/C14H20N6O4/c15-14-18-12-10(13(23)19-14)17-11(6-2-1-3-16-6)20(12)9-4-7(22)8(5-21)24-9/h6-9,16,21-22H,1-5H2,(H3,15,18,19,23)/t6-,7-,8+,9+/m0/s1. The van der Waals surface area contributed by atoms with E-state index in [0.717, 1.165) is 19.4 Å². The molecule has 0 unspecified atom stereocenters. The molecule has 0 spiro atoms. The van der Waals surface area contributed by atoms with Gasteiger partial charge in [-0.15, -0.1) is 0 Å². The molecule has 2 aliphatic heterocycles. The Hall–Kier alpha value is -2.01. The molecule has 0 radical (unpaired) electrons. The topological polar surface area (TPSA) is 151 Å². The maximum atomic E-state index is 12.2. The third-order valence-corrected chi connectivity index (χ3v) is 4.64. The highest BCUT2D eigenvalue weighted by molar-refractivity contribution is 5.71. The Morgan fingerprint density at radius 3 is 2.92 bits per heavy atom. The normalized spacial score (nSPS) is 30.4. The molecule has 2 aromatic rings. The lowest BCUT2D eigenvalue weighted by Crippen LogP contribution is -2.24. The number of fused-ring (bicyclic) bond motifs is 1. The van der Waals surface area contributed by atoms with Crippen molar-refractivity contribution in [1.29, 1.82) is 0 Å². The van der Waals surface area contributed by atoms with Crippen LogP contribution in [-0.4, -0.2) is 55.1 Å². The molecule has 2 saturated heterocycles. The lowest BCUT2D eigenvalue weighted by Gasteiger charge is -2.19. The van der Waals surface area contributed by atoms with Gasteiger partial charge in [0.1, 0.15) is 18.2 Å². The largest absolute Gasteiger partial charge is 0.394 e. The van der Waals surface area contributed by atoms with Crippen molar-refractivity contribution in [3.8, 4) is 0 Å². The van der Waals surface area contributed by atoms with E-state index in [-0.39, 0.29) is 30.5 Å². The molecule has 2 aromatic heterocycles. The molecule has 4 atom stereocenters. The number of nitrogen functional groups attached to an aromatic ring is 1. The van der Waals surface area contributed by atoms with E-state index in [1.54, 1.807) is 4.57 Å². The van der Waals surface area contributed by atoms with Gasteiger partial charge in [-0.3, -0.25) is 14.3 Å². The Balaban J connectivity index is 1.88. The second-order valence-corrected chi connectivity index (χ2v) is 6.23. The molecule has 10 nitrogen and oxygen atoms in total. The highest BCUT2D eigenvalue weighted by Crippen LogP contribution is 2.35. The monoisotopic (exact) mass is 336 g/mol. The molecular formula is C14H20N6O4. The number of H-pyrrole nitrogens is 1. The van der Waals surface area contributed by atoms with E-state index >= 15 is 0 Å². The van der Waals surface area contributed by atoms with Crippen molar-refractivity contribution >= 4 is 17.1 Å². The molecule has 130 valence electrons. The van der Waals surface area contributed by atoms with Gasteiger partial charge < -0.3 is 26.0 Å². The summed E-state index contributed by atoms with van der Waals surface area (Å²) in [4.78, 5) is 23.3. The average molecular weight is 336 g/mol. The molecule has 2 fully saturated rings. The first-order valence-corrected chi connectivity index (χ1v) is 8.04. The minimum atomic E-state index is -0.791. The fourth-order valence-electron chi connectivity index (χ4n) is 3.49. The van der Waals surface area contributed by atoms with Gasteiger partial charge in [-0.25, -0.2) is 4.98 Å². The fourth-order valence-corrected chi connectivity index (χ4v) is 3.49. The van der Waals surface area contributed by atoms with Crippen LogP contribution in [0.2, 0.25) is 0 Å². The summed E-state index contributed by atoms with van der Waals surface area (Å²) >= 11 is 0. The van der Waals surface area contributed by atoms with E-state index in [1.807, 2.05) is 0 Å². The highest BCUT2D eigenvalue weighted by Gasteiger charge is 2.38. The van der Waals surface area contributed by atoms with Gasteiger partial charge in [0.15, 0.2) is 11.2 Å². The predicted octanol–water partition coefficient (Wildman–Crippen LogP) is -1.23. The van der Waals surface area contributed by atoms with Crippen LogP contribution < -0.4 is 16.6 Å². The average Bonchev–Trinajstić information content (AvgIpc) is 3.24. The van der Waals surface area contributed by atoms with Crippen molar-refractivity contribution in [2.24, 2.45) is 0 Å². The minimum absolute atomic E-state index is 0.00293. The minimum Gasteiger partial charge on any atom is -0.394 e. The SMILES string of the molecule is Nc1nc2c(nc([C@@H]3CCCN3)n2[C@H]2C[C@H](O)[C@@H](CO)O2)c(=O)[nH]1. The smallest absolute Gasteiger partial charge is 0.280 e. The first-order valence-electron chi connectivity index (χ1n) is 8.04. The first kappa shape index (κ1) is 15.5. The summed E-state index contributed by atoms with van der Waals surface area (Å²) < 4.78 is 7.48. The number of imidazole rings is 1. The molecule has 0 aromatic carbocycles. The third-order valence-electron chi connectivity index (χ3n) is 4.64. The van der Waals surface area contributed by atoms with Crippen molar-refractivity contribution in [3.63, 3.8) is 0 Å². The zero-order valence-corrected chi connectivity index (χ0v) is 13.0. The number of rotatable bonds is 3. The van der Waals surface area contributed by atoms with Crippen molar-refractivity contribution in [2.45, 2.75) is 43.7 Å². The van der Waals surface area contributed by atoms with Crippen molar-refractivity contribution < 1.29 is 14.9 Å². The number of nitrogens with two attached hydrogens (primary N) is 1. The molecule has 0 amide bonds. The zero-order chi connectivity index (χ0) is 16.8. The second kappa shape index (κ2) is 5.81. The van der Waals surface area contributed by atoms with E-state index in [9.17, 15) is 15.0 Å². The zero-order valence-electron chi connectivity index (χ0n) is 13.0. The van der Waals surface area contributed by atoms with Crippen LogP contribution in [0.4, 0.5) is 5.95 Å². The van der Waals surface area contributed by atoms with Gasteiger partial charge >= 0.3 is 0 Å². The van der Waals surface area contributed by atoms with Gasteiger partial charge in [0.25, 0.3) is 5.56 Å². The van der Waals surface area contributed by atoms with Gasteiger partial charge in [-0.05, 0) is 19.4 Å². The molecular weight excluding hydrogens is 316 g/mol. The Morgan fingerprint density at radius 1 is 1.42 bits per heavy atom. The van der Waals surface area contributed by atoms with Crippen LogP contribution in [0.15, 0.2) is 4.79 Å². The predicted molar refractivity (Wildman–Crippen MR) is 84.2 cm³/mol. The molecule has 4 rings (SSSR count). The number of hydrogen-bond donors (Lipinski definition) is 5. The summed E-state index contributed by atoms with van der Waals surface area (Å²) in [5.41, 5.74) is 5.80. The number of aromatic amines is 1. The van der Waals surface area contributed by atoms with Gasteiger partial charge in [-0.1, -0.05) is 0 Å². The number of anilines is 1. The number of aliphatic hydroxyl groups is 2. The van der Waals surface area contributed by atoms with Gasteiger partial charge in [0, 0.05) is 6.42 Å². The molecule has 0 saturated carbocycles. The van der Waals surface area contributed by atoms with Crippen LogP contribution in [0.1, 0.15) is 37.4 Å². The number of hydrogen-bond acceptors (Lipinski definition) is 8. The maximum absolute atomic E-state index is 12.2. The summed E-state index contributed by atoms with van der Waals surface area (Å²) in [5, 5.41) is 22.7. The summed E-state index contributed by atoms with van der Waals surface area (Å²) in [6, 6.07) is -0.0197. The van der Waals surface area contributed by atoms with E-state index in [4.69, 9.17) is 10.5 Å². The second-order valence-electron chi connectivity index (χ2n) is 6.23. The van der Waals surface area contributed by atoms with Crippen LogP contribution in [0.3, 0.4) is 0 Å². The highest BCUT2D eigenvalue weighted by atomic mass is 16.5. The van der Waals surface area contributed by atoms with Crippen LogP contribution in [0, 0.1) is 0 Å². The number of nitrogens with one attached hydrogen (secondary N) is 2. The van der Waals surface area contributed by atoms with Gasteiger partial charge in [0.05, 0.1) is 18.8 Å². The summed E-state index contributed by atoms with van der Waals surface area (Å²) in [5.74, 6) is 0.638. The Kier molecular flexibility index (Phi) is 3.76. The number of nitrogens with zero attached hydrogens (tertiary/aromatic N) is 3. The van der Waals surface area contributed by atoms with Gasteiger partial charge in [0.2, 0.25) is 5.95 Å². The van der Waals surface area contributed by atoms with E-state index in [0.29, 0.717) is 11.5 Å². The molecule has 2 aliphatic rings. The van der Waals surface area contributed by atoms with Crippen LogP contribution in [0.5, 0.6) is 0 Å². The fraction of sp³-hybridized carbons (Fsp3) is 0.643. The third kappa shape index (κ3) is 2.38. The quantitative estimate of drug-likeness (QED) is 0.467. The number of aliphatic hydroxyl groups excluding tert-OH is 2. The molecule has 0 aliphatic carbocycles. The summed E-state index contributed by atoms with van der Waals surface area (Å²) in [6.07, 6.45) is 0.151. The summed E-state index contributed by atoms with van der Waals surface area (Å²) in [7, 11) is 0. The van der Waals surface area contributed by atoms with Crippen molar-refractivity contribution in [1.82, 2.24) is 24.8 Å². The Labute approximate surface area is 136 Å². The van der Waals surface area contributed by atoms with Crippen LogP contribution in [-0.2, 0) is 4.74 Å². The Morgan fingerprint density at radius 2 is 2.25 bits per heavy atom. The maximum Gasteiger partial charge on any atom is 0.280 e. The van der Waals surface area contributed by atoms with Gasteiger partial charge in [-0.2, -0.15) is 4.98 Å². The molecule has 6 N–H and O–H groups in total. The van der Waals surface area contributed by atoms with Crippen LogP contribution >= 0.6 is 0 Å². The lowest BCUT2D eigenvalue weighted by atomic mass is 10.2. The van der Waals surface area contributed by atoms with E-state index in [1.165, 1.54) is 0 Å². The van der Waals surface area contributed by atoms with E-state index in [2.05, 4.69) is 20.3 Å². The molecule has 24 heavy (non-hydrogen) atoms. The van der Waals surface area contributed by atoms with Crippen molar-refractivity contribution in [2.75, 3.05) is 18.9 Å². The first-order chi connectivity index (χ1) is 11.6.